The third kappa shape index (κ3) is 4.07. The van der Waals surface area contributed by atoms with Gasteiger partial charge in [-0.2, -0.15) is 0 Å². The number of carboxylic acid groups (broad SMARTS) is 1. The van der Waals surface area contributed by atoms with Gasteiger partial charge in [-0.25, -0.2) is 14.8 Å². The Labute approximate surface area is 161 Å². The second-order valence-corrected chi connectivity index (χ2v) is 6.00. The molecule has 0 saturated heterocycles. The first-order valence-electron chi connectivity index (χ1n) is 8.71. The van der Waals surface area contributed by atoms with E-state index >= 15 is 0 Å². The number of aromatic nitrogens is 3. The second kappa shape index (κ2) is 8.45. The zero-order valence-electron chi connectivity index (χ0n) is 15.5. The topological polar surface area (TPSA) is 117 Å². The Balaban J connectivity index is 2.03. The number of H-pyrrole nitrogens is 1. The second-order valence-electron chi connectivity index (χ2n) is 6.00. The lowest BCUT2D eigenvalue weighted by Gasteiger charge is -2.09. The molecule has 28 heavy (non-hydrogen) atoms. The highest BCUT2D eigenvalue weighted by Crippen LogP contribution is 2.30. The minimum atomic E-state index is -1.06. The number of amides is 1. The molecule has 2 aromatic heterocycles. The molecule has 1 amide bonds. The predicted octanol–water partition coefficient (Wildman–Crippen LogP) is 3.03. The van der Waals surface area contributed by atoms with Crippen molar-refractivity contribution >= 4 is 28.6 Å². The van der Waals surface area contributed by atoms with E-state index in [1.54, 1.807) is 31.4 Å². The molecule has 3 rings (SSSR count). The Hall–Kier alpha value is -3.52. The first-order chi connectivity index (χ1) is 13.5. The molecule has 0 atom stereocenters. The molecule has 2 heterocycles. The van der Waals surface area contributed by atoms with Gasteiger partial charge in [-0.05, 0) is 12.1 Å². The lowest BCUT2D eigenvalue weighted by molar-refractivity contribution is -0.111. The van der Waals surface area contributed by atoms with Gasteiger partial charge in [-0.1, -0.05) is 25.1 Å². The standard InChI is InChI=1S/C20H20N4O4/c1-3-15-23-18(17-14(20(26)27)11-21-19(17)24-15)12-6-4-7-13(10-12)22-16(25)8-5-9-28-2/h4-8,10-11H,3,9H2,1-2H3,(H,22,25)(H,26,27)(H,21,23,24)/b8-5+. The Bertz CT molecular complexity index is 1060. The molecule has 3 aromatic rings. The van der Waals surface area contributed by atoms with E-state index in [4.69, 9.17) is 4.74 Å². The largest absolute Gasteiger partial charge is 0.478 e. The van der Waals surface area contributed by atoms with Crippen LogP contribution >= 0.6 is 0 Å². The number of carbonyl (C=O) groups excluding carboxylic acids is 1. The van der Waals surface area contributed by atoms with Crippen LogP contribution in [0.4, 0.5) is 5.69 Å². The van der Waals surface area contributed by atoms with E-state index in [0.717, 1.165) is 0 Å². The number of nitrogens with zero attached hydrogens (tertiary/aromatic N) is 2. The van der Waals surface area contributed by atoms with Gasteiger partial charge >= 0.3 is 5.97 Å². The van der Waals surface area contributed by atoms with Gasteiger partial charge in [-0.3, -0.25) is 4.79 Å². The Morgan fingerprint density at radius 1 is 1.32 bits per heavy atom. The quantitative estimate of drug-likeness (QED) is 0.542. The van der Waals surface area contributed by atoms with E-state index < -0.39 is 5.97 Å². The number of carboxylic acids is 1. The van der Waals surface area contributed by atoms with Crippen LogP contribution in [0.15, 0.2) is 42.6 Å². The minimum absolute atomic E-state index is 0.101. The van der Waals surface area contributed by atoms with Gasteiger partial charge in [0, 0.05) is 37.1 Å². The van der Waals surface area contributed by atoms with Crippen molar-refractivity contribution in [1.29, 1.82) is 0 Å². The molecular weight excluding hydrogens is 360 g/mol. The predicted molar refractivity (Wildman–Crippen MR) is 105 cm³/mol. The van der Waals surface area contributed by atoms with E-state index in [0.29, 0.717) is 46.8 Å². The summed E-state index contributed by atoms with van der Waals surface area (Å²) in [4.78, 5) is 35.4. The van der Waals surface area contributed by atoms with Gasteiger partial charge in [-0.15, -0.1) is 0 Å². The van der Waals surface area contributed by atoms with Gasteiger partial charge in [0.25, 0.3) is 0 Å². The van der Waals surface area contributed by atoms with Crippen molar-refractivity contribution in [2.24, 2.45) is 0 Å². The molecule has 8 nitrogen and oxygen atoms in total. The maximum atomic E-state index is 12.0. The zero-order valence-corrected chi connectivity index (χ0v) is 15.5. The lowest BCUT2D eigenvalue weighted by atomic mass is 10.1. The van der Waals surface area contributed by atoms with Crippen molar-refractivity contribution in [3.63, 3.8) is 0 Å². The number of aryl methyl sites for hydroxylation is 1. The van der Waals surface area contributed by atoms with Crippen LogP contribution in [-0.4, -0.2) is 45.7 Å². The third-order valence-corrected chi connectivity index (χ3v) is 4.06. The summed E-state index contributed by atoms with van der Waals surface area (Å²) in [6, 6.07) is 7.09. The van der Waals surface area contributed by atoms with Crippen molar-refractivity contribution < 1.29 is 19.4 Å². The number of aromatic carboxylic acids is 1. The van der Waals surface area contributed by atoms with Crippen molar-refractivity contribution in [2.75, 3.05) is 19.0 Å². The number of anilines is 1. The number of aromatic amines is 1. The first-order valence-corrected chi connectivity index (χ1v) is 8.71. The van der Waals surface area contributed by atoms with Crippen LogP contribution in [0.3, 0.4) is 0 Å². The molecule has 0 saturated carbocycles. The minimum Gasteiger partial charge on any atom is -0.478 e. The smallest absolute Gasteiger partial charge is 0.338 e. The molecule has 0 aliphatic carbocycles. The first kappa shape index (κ1) is 19.2. The molecule has 3 N–H and O–H groups in total. The van der Waals surface area contributed by atoms with E-state index in [1.165, 1.54) is 12.3 Å². The summed E-state index contributed by atoms with van der Waals surface area (Å²) in [5.41, 5.74) is 2.33. The zero-order chi connectivity index (χ0) is 20.1. The normalized spacial score (nSPS) is 11.2. The van der Waals surface area contributed by atoms with Gasteiger partial charge in [0.1, 0.15) is 11.5 Å². The lowest BCUT2D eigenvalue weighted by Crippen LogP contribution is -2.08. The molecule has 144 valence electrons. The monoisotopic (exact) mass is 380 g/mol. The number of ether oxygens (including phenoxy) is 1. The SMILES string of the molecule is CCc1nc(-c2cccc(NC(=O)/C=C/COC)c2)c2c(C(=O)O)c[nH]c2n1. The van der Waals surface area contributed by atoms with Crippen LogP contribution in [0.25, 0.3) is 22.3 Å². The number of fused-ring (bicyclic) bond motifs is 1. The van der Waals surface area contributed by atoms with Crippen molar-refractivity contribution in [2.45, 2.75) is 13.3 Å². The summed E-state index contributed by atoms with van der Waals surface area (Å²) in [6.45, 7) is 2.27. The van der Waals surface area contributed by atoms with E-state index in [1.807, 2.05) is 13.0 Å². The summed E-state index contributed by atoms with van der Waals surface area (Å²) in [7, 11) is 1.55. The number of carbonyl (C=O) groups is 2. The maximum Gasteiger partial charge on any atom is 0.338 e. The third-order valence-electron chi connectivity index (χ3n) is 4.06. The van der Waals surface area contributed by atoms with E-state index in [2.05, 4.69) is 20.3 Å². The molecule has 0 spiro atoms. The van der Waals surface area contributed by atoms with Gasteiger partial charge < -0.3 is 20.1 Å². The van der Waals surface area contributed by atoms with Crippen LogP contribution in [0.2, 0.25) is 0 Å². The van der Waals surface area contributed by atoms with Crippen LogP contribution in [0.1, 0.15) is 23.1 Å². The summed E-state index contributed by atoms with van der Waals surface area (Å²) in [6.07, 6.45) is 5.02. The highest BCUT2D eigenvalue weighted by Gasteiger charge is 2.19. The van der Waals surface area contributed by atoms with Gasteiger partial charge in [0.2, 0.25) is 5.91 Å². The molecule has 0 bridgehead atoms. The molecule has 0 aliphatic heterocycles. The summed E-state index contributed by atoms with van der Waals surface area (Å²) in [5.74, 6) is -0.754. The van der Waals surface area contributed by atoms with Crippen molar-refractivity contribution in [3.8, 4) is 11.3 Å². The van der Waals surface area contributed by atoms with Gasteiger partial charge in [0.15, 0.2) is 0 Å². The van der Waals surface area contributed by atoms with Crippen molar-refractivity contribution in [1.82, 2.24) is 15.0 Å². The molecule has 1 aromatic carbocycles. The summed E-state index contributed by atoms with van der Waals surface area (Å²) < 4.78 is 4.87. The molecule has 0 aliphatic rings. The maximum absolute atomic E-state index is 12.0. The number of rotatable bonds is 7. The number of methoxy groups -OCH3 is 1. The Kier molecular flexibility index (Phi) is 5.81. The van der Waals surface area contributed by atoms with Crippen LogP contribution in [0.5, 0.6) is 0 Å². The fourth-order valence-electron chi connectivity index (χ4n) is 2.79. The van der Waals surface area contributed by atoms with E-state index in [-0.39, 0.29) is 11.5 Å². The summed E-state index contributed by atoms with van der Waals surface area (Å²) in [5, 5.41) is 12.7. The molecule has 0 unspecified atom stereocenters. The highest BCUT2D eigenvalue weighted by molar-refractivity contribution is 6.08. The Morgan fingerprint density at radius 3 is 2.86 bits per heavy atom. The fraction of sp³-hybridized carbons (Fsp3) is 0.200. The van der Waals surface area contributed by atoms with Crippen molar-refractivity contribution in [3.05, 3.63) is 54.0 Å². The Morgan fingerprint density at radius 2 is 2.14 bits per heavy atom. The van der Waals surface area contributed by atoms with Gasteiger partial charge in [0.05, 0.1) is 23.3 Å². The number of nitrogens with one attached hydrogen (secondary N) is 2. The average molecular weight is 380 g/mol. The highest BCUT2D eigenvalue weighted by atomic mass is 16.5. The number of benzene rings is 1. The number of hydrogen-bond acceptors (Lipinski definition) is 5. The average Bonchev–Trinajstić information content (AvgIpc) is 3.12. The molecule has 0 radical (unpaired) electrons. The molecule has 8 heteroatoms. The molecular formula is C20H20N4O4. The van der Waals surface area contributed by atoms with Crippen LogP contribution in [-0.2, 0) is 16.0 Å². The number of hydrogen-bond donors (Lipinski definition) is 3. The molecule has 0 fully saturated rings. The van der Waals surface area contributed by atoms with Crippen LogP contribution in [0, 0.1) is 0 Å². The fourth-order valence-corrected chi connectivity index (χ4v) is 2.79. The van der Waals surface area contributed by atoms with Crippen LogP contribution < -0.4 is 5.32 Å². The van der Waals surface area contributed by atoms with E-state index in [9.17, 15) is 14.7 Å². The summed E-state index contributed by atoms with van der Waals surface area (Å²) >= 11 is 0.